The minimum Gasteiger partial charge on any atom is -0.395 e. The van der Waals surface area contributed by atoms with Crippen LogP contribution in [0.4, 0.5) is 5.69 Å². The molecule has 0 fully saturated rings. The van der Waals surface area contributed by atoms with Crippen LogP contribution >= 0.6 is 11.3 Å². The monoisotopic (exact) mass is 324 g/mol. The number of rotatable bonds is 4. The molecule has 3 rings (SSSR count). The van der Waals surface area contributed by atoms with Crippen molar-refractivity contribution in [3.05, 3.63) is 69.8 Å². The van der Waals surface area contributed by atoms with Gasteiger partial charge in [0.15, 0.2) is 4.80 Å². The number of benzene rings is 2. The molecule has 4 heteroatoms. The fourth-order valence-electron chi connectivity index (χ4n) is 2.48. The van der Waals surface area contributed by atoms with Gasteiger partial charge in [0.25, 0.3) is 0 Å². The third-order valence-electron chi connectivity index (χ3n) is 3.80. The van der Waals surface area contributed by atoms with Crippen LogP contribution in [-0.4, -0.2) is 16.3 Å². The number of aromatic nitrogens is 1. The summed E-state index contributed by atoms with van der Waals surface area (Å²) in [5.74, 6) is 0. The highest BCUT2D eigenvalue weighted by Crippen LogP contribution is 2.22. The van der Waals surface area contributed by atoms with Crippen LogP contribution in [0.3, 0.4) is 0 Å². The Morgan fingerprint density at radius 1 is 1.04 bits per heavy atom. The zero-order valence-electron chi connectivity index (χ0n) is 13.4. The summed E-state index contributed by atoms with van der Waals surface area (Å²) in [6.07, 6.45) is 0. The van der Waals surface area contributed by atoms with Gasteiger partial charge in [0.05, 0.1) is 18.0 Å². The van der Waals surface area contributed by atoms with E-state index in [0.717, 1.165) is 27.3 Å². The van der Waals surface area contributed by atoms with Crippen molar-refractivity contribution in [2.75, 3.05) is 6.61 Å². The topological polar surface area (TPSA) is 37.5 Å². The first kappa shape index (κ1) is 15.7. The molecule has 0 aliphatic rings. The zero-order chi connectivity index (χ0) is 16.2. The Labute approximate surface area is 140 Å². The predicted molar refractivity (Wildman–Crippen MR) is 96.0 cm³/mol. The summed E-state index contributed by atoms with van der Waals surface area (Å²) in [4.78, 5) is 5.70. The Morgan fingerprint density at radius 3 is 2.48 bits per heavy atom. The molecule has 1 heterocycles. The summed E-state index contributed by atoms with van der Waals surface area (Å²) in [7, 11) is 0. The van der Waals surface area contributed by atoms with Crippen molar-refractivity contribution in [2.24, 2.45) is 4.99 Å². The number of aryl methyl sites for hydroxylation is 2. The fourth-order valence-corrected chi connectivity index (χ4v) is 3.43. The van der Waals surface area contributed by atoms with Crippen LogP contribution in [0, 0.1) is 13.8 Å². The molecule has 0 amide bonds. The van der Waals surface area contributed by atoms with E-state index in [0.29, 0.717) is 6.54 Å². The summed E-state index contributed by atoms with van der Waals surface area (Å²) >= 11 is 1.60. The largest absolute Gasteiger partial charge is 0.395 e. The molecule has 0 saturated heterocycles. The molecular weight excluding hydrogens is 304 g/mol. The van der Waals surface area contributed by atoms with Gasteiger partial charge in [-0.1, -0.05) is 48.0 Å². The molecule has 23 heavy (non-hydrogen) atoms. The van der Waals surface area contributed by atoms with Crippen LogP contribution in [0.1, 0.15) is 11.1 Å². The molecule has 0 bridgehead atoms. The minimum absolute atomic E-state index is 0.0938. The van der Waals surface area contributed by atoms with Crippen LogP contribution < -0.4 is 4.80 Å². The Bertz CT molecular complexity index is 860. The van der Waals surface area contributed by atoms with Crippen LogP contribution in [0.15, 0.2) is 58.9 Å². The normalized spacial score (nSPS) is 11.9. The lowest BCUT2D eigenvalue weighted by atomic mass is 10.1. The number of aliphatic hydroxyl groups excluding tert-OH is 1. The van der Waals surface area contributed by atoms with E-state index in [4.69, 9.17) is 4.99 Å². The number of thiazole rings is 1. The summed E-state index contributed by atoms with van der Waals surface area (Å²) in [6, 6.07) is 16.5. The molecule has 118 valence electrons. The zero-order valence-corrected chi connectivity index (χ0v) is 14.2. The Morgan fingerprint density at radius 2 is 1.78 bits per heavy atom. The summed E-state index contributed by atoms with van der Waals surface area (Å²) < 4.78 is 2.09. The fraction of sp³-hybridized carbons (Fsp3) is 0.211. The van der Waals surface area contributed by atoms with Crippen molar-refractivity contribution in [1.29, 1.82) is 0 Å². The number of aliphatic hydroxyl groups is 1. The smallest absolute Gasteiger partial charge is 0.190 e. The van der Waals surface area contributed by atoms with Gasteiger partial charge in [0, 0.05) is 11.9 Å². The van der Waals surface area contributed by atoms with Crippen molar-refractivity contribution in [3.8, 4) is 11.3 Å². The van der Waals surface area contributed by atoms with E-state index in [2.05, 4.69) is 54.1 Å². The predicted octanol–water partition coefficient (Wildman–Crippen LogP) is 4.06. The Hall–Kier alpha value is -2.17. The average molecular weight is 324 g/mol. The molecule has 3 nitrogen and oxygen atoms in total. The molecule has 3 aromatic rings. The number of para-hydroxylation sites is 1. The van der Waals surface area contributed by atoms with Gasteiger partial charge in [-0.2, -0.15) is 0 Å². The van der Waals surface area contributed by atoms with E-state index < -0.39 is 0 Å². The number of nitrogens with zero attached hydrogens (tertiary/aromatic N) is 2. The van der Waals surface area contributed by atoms with E-state index in [1.165, 1.54) is 5.56 Å². The van der Waals surface area contributed by atoms with Crippen LogP contribution in [0.5, 0.6) is 0 Å². The van der Waals surface area contributed by atoms with Gasteiger partial charge < -0.3 is 9.67 Å². The van der Waals surface area contributed by atoms with Crippen LogP contribution in [-0.2, 0) is 6.54 Å². The van der Waals surface area contributed by atoms with Crippen molar-refractivity contribution < 1.29 is 5.11 Å². The van der Waals surface area contributed by atoms with Crippen molar-refractivity contribution in [1.82, 2.24) is 4.57 Å². The first-order chi connectivity index (χ1) is 11.2. The summed E-state index contributed by atoms with van der Waals surface area (Å²) in [5, 5.41) is 11.5. The van der Waals surface area contributed by atoms with Gasteiger partial charge in [-0.25, -0.2) is 4.99 Å². The highest BCUT2D eigenvalue weighted by atomic mass is 32.1. The van der Waals surface area contributed by atoms with Crippen molar-refractivity contribution in [2.45, 2.75) is 20.4 Å². The van der Waals surface area contributed by atoms with Gasteiger partial charge in [0.2, 0.25) is 0 Å². The standard InChI is InChI=1S/C19H20N2OS/c1-14-7-9-16(10-8-14)18-13-23-19(21(18)11-12-22)20-17-6-4-3-5-15(17)2/h3-10,13,22H,11-12H2,1-2H3. The van der Waals surface area contributed by atoms with E-state index in [1.807, 2.05) is 18.2 Å². The summed E-state index contributed by atoms with van der Waals surface area (Å²) in [6.45, 7) is 4.77. The second kappa shape index (κ2) is 6.94. The second-order valence-electron chi connectivity index (χ2n) is 5.54. The van der Waals surface area contributed by atoms with Crippen molar-refractivity contribution in [3.63, 3.8) is 0 Å². The van der Waals surface area contributed by atoms with Gasteiger partial charge in [-0.3, -0.25) is 0 Å². The van der Waals surface area contributed by atoms with E-state index in [-0.39, 0.29) is 6.61 Å². The third kappa shape index (κ3) is 3.44. The lowest BCUT2D eigenvalue weighted by molar-refractivity contribution is 0.275. The van der Waals surface area contributed by atoms with Crippen LogP contribution in [0.25, 0.3) is 11.3 Å². The van der Waals surface area contributed by atoms with E-state index >= 15 is 0 Å². The minimum atomic E-state index is 0.0938. The molecule has 0 aliphatic heterocycles. The molecule has 0 aliphatic carbocycles. The maximum absolute atomic E-state index is 9.44. The highest BCUT2D eigenvalue weighted by Gasteiger charge is 2.08. The van der Waals surface area contributed by atoms with E-state index in [1.54, 1.807) is 11.3 Å². The Balaban J connectivity index is 2.12. The third-order valence-corrected chi connectivity index (χ3v) is 4.66. The number of hydrogen-bond donors (Lipinski definition) is 1. The lowest BCUT2D eigenvalue weighted by Gasteiger charge is -2.08. The molecule has 0 saturated carbocycles. The SMILES string of the molecule is Cc1ccc(-c2csc(=Nc3ccccc3C)n2CCO)cc1. The highest BCUT2D eigenvalue weighted by molar-refractivity contribution is 7.07. The maximum atomic E-state index is 9.44. The molecule has 0 radical (unpaired) electrons. The maximum Gasteiger partial charge on any atom is 0.190 e. The molecule has 2 aromatic carbocycles. The average Bonchev–Trinajstić information content (AvgIpc) is 2.94. The Kier molecular flexibility index (Phi) is 4.74. The van der Waals surface area contributed by atoms with Gasteiger partial charge in [-0.05, 0) is 31.0 Å². The number of hydrogen-bond acceptors (Lipinski definition) is 3. The van der Waals surface area contributed by atoms with Crippen molar-refractivity contribution >= 4 is 17.0 Å². The molecule has 0 atom stereocenters. The van der Waals surface area contributed by atoms with Crippen LogP contribution in [0.2, 0.25) is 0 Å². The second-order valence-corrected chi connectivity index (χ2v) is 6.38. The summed E-state index contributed by atoms with van der Waals surface area (Å²) in [5.41, 5.74) is 5.59. The molecule has 0 spiro atoms. The van der Waals surface area contributed by atoms with Gasteiger partial charge >= 0.3 is 0 Å². The molecular formula is C19H20N2OS. The molecule has 1 aromatic heterocycles. The first-order valence-electron chi connectivity index (χ1n) is 7.65. The molecule has 0 unspecified atom stereocenters. The van der Waals surface area contributed by atoms with Gasteiger partial charge in [0.1, 0.15) is 0 Å². The van der Waals surface area contributed by atoms with Gasteiger partial charge in [-0.15, -0.1) is 11.3 Å². The molecule has 1 N–H and O–H groups in total. The lowest BCUT2D eigenvalue weighted by Crippen LogP contribution is -2.18. The first-order valence-corrected chi connectivity index (χ1v) is 8.53. The quantitative estimate of drug-likeness (QED) is 0.772. The van der Waals surface area contributed by atoms with E-state index in [9.17, 15) is 5.11 Å².